The summed E-state index contributed by atoms with van der Waals surface area (Å²) in [5.41, 5.74) is 0.354. The number of carboxylic acids is 1. The SMILES string of the molecule is CCCCSC1CC(C(C)(C)CC)CCC1C(=O)O. The predicted molar refractivity (Wildman–Crippen MR) is 83.7 cm³/mol. The average molecular weight is 286 g/mol. The summed E-state index contributed by atoms with van der Waals surface area (Å²) in [5, 5.41) is 9.73. The molecule has 1 rings (SSSR count). The zero-order valence-electron chi connectivity index (χ0n) is 12.9. The zero-order valence-corrected chi connectivity index (χ0v) is 13.8. The first kappa shape index (κ1) is 16.9. The van der Waals surface area contributed by atoms with Crippen LogP contribution in [0.25, 0.3) is 0 Å². The summed E-state index contributed by atoms with van der Waals surface area (Å²) in [4.78, 5) is 11.4. The summed E-state index contributed by atoms with van der Waals surface area (Å²) >= 11 is 1.91. The maximum atomic E-state index is 11.4. The van der Waals surface area contributed by atoms with Gasteiger partial charge in [-0.25, -0.2) is 0 Å². The van der Waals surface area contributed by atoms with Crippen LogP contribution in [0.3, 0.4) is 0 Å². The molecule has 0 radical (unpaired) electrons. The first-order valence-corrected chi connectivity index (χ1v) is 8.81. The summed E-state index contributed by atoms with van der Waals surface area (Å²) in [6, 6.07) is 0. The number of carboxylic acid groups (broad SMARTS) is 1. The Kier molecular flexibility index (Phi) is 6.72. The first-order valence-electron chi connectivity index (χ1n) is 7.76. The van der Waals surface area contributed by atoms with E-state index >= 15 is 0 Å². The minimum absolute atomic E-state index is 0.120. The Hall–Kier alpha value is -0.180. The molecule has 1 fully saturated rings. The second kappa shape index (κ2) is 7.56. The Bertz CT molecular complexity index is 288. The molecule has 0 spiro atoms. The third-order valence-electron chi connectivity index (χ3n) is 4.96. The van der Waals surface area contributed by atoms with Crippen LogP contribution in [0.4, 0.5) is 0 Å². The van der Waals surface area contributed by atoms with E-state index in [1.54, 1.807) is 0 Å². The minimum atomic E-state index is -0.582. The maximum Gasteiger partial charge on any atom is 0.307 e. The van der Waals surface area contributed by atoms with Gasteiger partial charge in [-0.1, -0.05) is 40.5 Å². The fourth-order valence-electron chi connectivity index (χ4n) is 2.97. The van der Waals surface area contributed by atoms with Crippen molar-refractivity contribution in [3.63, 3.8) is 0 Å². The van der Waals surface area contributed by atoms with Gasteiger partial charge in [-0.05, 0) is 42.8 Å². The lowest BCUT2D eigenvalue weighted by atomic mass is 9.67. The van der Waals surface area contributed by atoms with Crippen LogP contribution in [0, 0.1) is 17.3 Å². The molecule has 1 saturated carbocycles. The van der Waals surface area contributed by atoms with Crippen LogP contribution >= 0.6 is 11.8 Å². The lowest BCUT2D eigenvalue weighted by molar-refractivity contribution is -0.143. The van der Waals surface area contributed by atoms with Crippen LogP contribution in [-0.2, 0) is 4.79 Å². The minimum Gasteiger partial charge on any atom is -0.481 e. The summed E-state index contributed by atoms with van der Waals surface area (Å²) < 4.78 is 0. The van der Waals surface area contributed by atoms with Gasteiger partial charge in [-0.2, -0.15) is 11.8 Å². The topological polar surface area (TPSA) is 37.3 Å². The van der Waals surface area contributed by atoms with E-state index in [1.165, 1.54) is 19.3 Å². The van der Waals surface area contributed by atoms with Gasteiger partial charge in [0.1, 0.15) is 0 Å². The van der Waals surface area contributed by atoms with Crippen LogP contribution in [0.15, 0.2) is 0 Å². The maximum absolute atomic E-state index is 11.4. The van der Waals surface area contributed by atoms with E-state index in [0.717, 1.165) is 25.0 Å². The summed E-state index contributed by atoms with van der Waals surface area (Å²) in [6.07, 6.45) is 6.63. The molecule has 19 heavy (non-hydrogen) atoms. The van der Waals surface area contributed by atoms with Crippen LogP contribution in [0.1, 0.15) is 66.2 Å². The fourth-order valence-corrected chi connectivity index (χ4v) is 4.58. The van der Waals surface area contributed by atoms with E-state index in [4.69, 9.17) is 0 Å². The Morgan fingerprint density at radius 1 is 1.32 bits per heavy atom. The van der Waals surface area contributed by atoms with Gasteiger partial charge in [0.15, 0.2) is 0 Å². The van der Waals surface area contributed by atoms with Gasteiger partial charge in [0.25, 0.3) is 0 Å². The largest absolute Gasteiger partial charge is 0.481 e. The van der Waals surface area contributed by atoms with Crippen molar-refractivity contribution in [1.82, 2.24) is 0 Å². The second-order valence-electron chi connectivity index (χ2n) is 6.56. The van der Waals surface area contributed by atoms with Crippen molar-refractivity contribution in [2.45, 2.75) is 71.5 Å². The highest BCUT2D eigenvalue weighted by atomic mass is 32.2. The quantitative estimate of drug-likeness (QED) is 0.681. The van der Waals surface area contributed by atoms with Gasteiger partial charge in [0.05, 0.1) is 5.92 Å². The van der Waals surface area contributed by atoms with Crippen LogP contribution in [0.5, 0.6) is 0 Å². The van der Waals surface area contributed by atoms with Crippen molar-refractivity contribution in [2.24, 2.45) is 17.3 Å². The second-order valence-corrected chi connectivity index (χ2v) is 7.91. The van der Waals surface area contributed by atoms with Gasteiger partial charge in [0, 0.05) is 5.25 Å². The number of carbonyl (C=O) groups is 1. The normalized spacial score (nSPS) is 28.3. The van der Waals surface area contributed by atoms with Crippen LogP contribution in [0.2, 0.25) is 0 Å². The van der Waals surface area contributed by atoms with Gasteiger partial charge in [-0.15, -0.1) is 0 Å². The fraction of sp³-hybridized carbons (Fsp3) is 0.938. The molecule has 0 bridgehead atoms. The van der Waals surface area contributed by atoms with Crippen molar-refractivity contribution < 1.29 is 9.90 Å². The third kappa shape index (κ3) is 4.70. The summed E-state index contributed by atoms with van der Waals surface area (Å²) in [5.74, 6) is 1.10. The molecule has 0 heterocycles. The number of unbranched alkanes of at least 4 members (excludes halogenated alkanes) is 1. The standard InChI is InChI=1S/C16H30O2S/c1-5-7-10-19-14-11-12(16(3,4)6-2)8-9-13(14)15(17)18/h12-14H,5-11H2,1-4H3,(H,17,18). The Balaban J connectivity index is 2.65. The number of hydrogen-bond acceptors (Lipinski definition) is 2. The predicted octanol–water partition coefficient (Wildman–Crippen LogP) is 4.83. The van der Waals surface area contributed by atoms with Crippen molar-refractivity contribution >= 4 is 17.7 Å². The van der Waals surface area contributed by atoms with E-state index < -0.39 is 5.97 Å². The molecule has 2 nitrogen and oxygen atoms in total. The first-order chi connectivity index (χ1) is 8.92. The van der Waals surface area contributed by atoms with E-state index in [9.17, 15) is 9.90 Å². The average Bonchev–Trinajstić information content (AvgIpc) is 2.38. The molecule has 0 aromatic heterocycles. The molecular weight excluding hydrogens is 256 g/mol. The Labute approximate surface area is 122 Å². The monoisotopic (exact) mass is 286 g/mol. The molecule has 1 aliphatic rings. The molecule has 0 aliphatic heterocycles. The van der Waals surface area contributed by atoms with E-state index in [2.05, 4.69) is 27.7 Å². The van der Waals surface area contributed by atoms with Crippen molar-refractivity contribution in [2.75, 3.05) is 5.75 Å². The highest BCUT2D eigenvalue weighted by Gasteiger charge is 2.40. The molecule has 0 saturated heterocycles. The molecule has 0 amide bonds. The van der Waals surface area contributed by atoms with Crippen molar-refractivity contribution in [3.8, 4) is 0 Å². The van der Waals surface area contributed by atoms with E-state index in [0.29, 0.717) is 16.6 Å². The molecule has 0 aromatic carbocycles. The van der Waals surface area contributed by atoms with Crippen molar-refractivity contribution in [3.05, 3.63) is 0 Å². The molecule has 3 heteroatoms. The smallest absolute Gasteiger partial charge is 0.307 e. The zero-order chi connectivity index (χ0) is 14.5. The molecule has 1 N–H and O–H groups in total. The van der Waals surface area contributed by atoms with Gasteiger partial charge >= 0.3 is 5.97 Å². The lowest BCUT2D eigenvalue weighted by Crippen LogP contribution is -2.38. The number of rotatable bonds is 7. The summed E-state index contributed by atoms with van der Waals surface area (Å²) in [6.45, 7) is 9.13. The van der Waals surface area contributed by atoms with Crippen LogP contribution in [-0.4, -0.2) is 22.1 Å². The van der Waals surface area contributed by atoms with Gasteiger partial charge in [-0.3, -0.25) is 4.79 Å². The summed E-state index contributed by atoms with van der Waals surface area (Å²) in [7, 11) is 0. The molecule has 3 unspecified atom stereocenters. The Morgan fingerprint density at radius 2 is 2.00 bits per heavy atom. The van der Waals surface area contributed by atoms with Gasteiger partial charge in [0.2, 0.25) is 0 Å². The number of hydrogen-bond donors (Lipinski definition) is 1. The van der Waals surface area contributed by atoms with E-state index in [-0.39, 0.29) is 5.92 Å². The highest BCUT2D eigenvalue weighted by molar-refractivity contribution is 7.99. The lowest BCUT2D eigenvalue weighted by Gasteiger charge is -2.41. The number of aliphatic carboxylic acids is 1. The van der Waals surface area contributed by atoms with Crippen molar-refractivity contribution in [1.29, 1.82) is 0 Å². The highest BCUT2D eigenvalue weighted by Crippen LogP contribution is 2.45. The van der Waals surface area contributed by atoms with E-state index in [1.807, 2.05) is 11.8 Å². The number of thioether (sulfide) groups is 1. The molecule has 112 valence electrons. The van der Waals surface area contributed by atoms with Crippen LogP contribution < -0.4 is 0 Å². The Morgan fingerprint density at radius 3 is 2.53 bits per heavy atom. The molecule has 0 aromatic rings. The third-order valence-corrected chi connectivity index (χ3v) is 6.43. The van der Waals surface area contributed by atoms with Gasteiger partial charge < -0.3 is 5.11 Å². The molecule has 3 atom stereocenters. The molecule has 1 aliphatic carbocycles. The molecular formula is C16H30O2S.